The molecule has 0 spiro atoms. The normalized spacial score (nSPS) is 13.3. The van der Waals surface area contributed by atoms with Gasteiger partial charge in [0.1, 0.15) is 5.75 Å². The van der Waals surface area contributed by atoms with Gasteiger partial charge in [-0.15, -0.1) is 0 Å². The van der Waals surface area contributed by atoms with Crippen LogP contribution in [-0.2, 0) is 11.2 Å². The van der Waals surface area contributed by atoms with Crippen molar-refractivity contribution in [3.05, 3.63) is 66.8 Å². The summed E-state index contributed by atoms with van der Waals surface area (Å²) in [5, 5.41) is 12.5. The van der Waals surface area contributed by atoms with Crippen molar-refractivity contribution in [3.63, 3.8) is 0 Å². The fourth-order valence-electron chi connectivity index (χ4n) is 2.84. The molecule has 0 aliphatic carbocycles. The molecule has 0 radical (unpaired) electrons. The van der Waals surface area contributed by atoms with Crippen molar-refractivity contribution in [2.24, 2.45) is 5.41 Å². The van der Waals surface area contributed by atoms with Crippen LogP contribution in [0.2, 0.25) is 0 Å². The minimum Gasteiger partial charge on any atom is -0.508 e. The third kappa shape index (κ3) is 6.89. The van der Waals surface area contributed by atoms with Crippen molar-refractivity contribution in [3.8, 4) is 5.75 Å². The summed E-state index contributed by atoms with van der Waals surface area (Å²) in [5.74, 6) is 0.278. The van der Waals surface area contributed by atoms with Crippen LogP contribution in [0, 0.1) is 5.41 Å². The molecule has 1 atom stereocenters. The predicted molar refractivity (Wildman–Crippen MR) is 109 cm³/mol. The number of allylic oxidation sites excluding steroid dienone is 4. The second-order valence-electron chi connectivity index (χ2n) is 7.41. The van der Waals surface area contributed by atoms with Gasteiger partial charge in [0.2, 0.25) is 5.91 Å². The van der Waals surface area contributed by atoms with Crippen LogP contribution < -0.4 is 5.32 Å². The first kappa shape index (κ1) is 21.7. The van der Waals surface area contributed by atoms with E-state index >= 15 is 0 Å². The minimum atomic E-state index is -0.301. The number of likely N-dealkylation sites (N-methyl/N-ethyl adjacent to an activating group) is 1. The Kier molecular flexibility index (Phi) is 8.33. The van der Waals surface area contributed by atoms with E-state index in [0.717, 1.165) is 17.6 Å². The van der Waals surface area contributed by atoms with Crippen molar-refractivity contribution < 1.29 is 9.90 Å². The second-order valence-corrected chi connectivity index (χ2v) is 7.41. The molecule has 4 heteroatoms. The molecule has 1 aromatic carbocycles. The number of aromatic hydroxyl groups is 1. The molecule has 0 aromatic heterocycles. The zero-order chi connectivity index (χ0) is 19.7. The van der Waals surface area contributed by atoms with Crippen molar-refractivity contribution >= 4 is 5.91 Å². The number of phenols is 1. The van der Waals surface area contributed by atoms with Crippen LogP contribution in [0.25, 0.3) is 0 Å². The van der Waals surface area contributed by atoms with Gasteiger partial charge in [-0.1, -0.05) is 57.4 Å². The average molecular weight is 357 g/mol. The fourth-order valence-corrected chi connectivity index (χ4v) is 2.84. The van der Waals surface area contributed by atoms with Crippen molar-refractivity contribution in [2.75, 3.05) is 20.6 Å². The number of rotatable bonds is 10. The standard InChI is InChI=1S/C22H32N2O2/c1-7-9-18(8-2)22(3,4)15-21(26)23-16-19(24(5)6)14-17-10-12-20(25)13-11-17/h7-13,19,25H,1-2,14-16H2,3-6H3,(H,23,26)/b18-9+. The van der Waals surface area contributed by atoms with Gasteiger partial charge in [0.25, 0.3) is 0 Å². The monoisotopic (exact) mass is 356 g/mol. The lowest BCUT2D eigenvalue weighted by Gasteiger charge is -2.28. The zero-order valence-electron chi connectivity index (χ0n) is 16.5. The summed E-state index contributed by atoms with van der Waals surface area (Å²) in [5.41, 5.74) is 1.82. The number of phenolic OH excluding ortho intramolecular Hbond substituents is 1. The molecule has 0 aliphatic heterocycles. The third-order valence-electron chi connectivity index (χ3n) is 4.57. The zero-order valence-corrected chi connectivity index (χ0v) is 16.5. The van der Waals surface area contributed by atoms with E-state index in [1.807, 2.05) is 46.2 Å². The first-order chi connectivity index (χ1) is 12.2. The molecule has 142 valence electrons. The van der Waals surface area contributed by atoms with E-state index in [1.54, 1.807) is 24.3 Å². The van der Waals surface area contributed by atoms with Crippen molar-refractivity contribution in [1.82, 2.24) is 10.2 Å². The summed E-state index contributed by atoms with van der Waals surface area (Å²) < 4.78 is 0. The van der Waals surface area contributed by atoms with E-state index in [0.29, 0.717) is 13.0 Å². The topological polar surface area (TPSA) is 52.6 Å². The number of benzene rings is 1. The van der Waals surface area contributed by atoms with Crippen LogP contribution in [-0.4, -0.2) is 42.6 Å². The van der Waals surface area contributed by atoms with E-state index in [4.69, 9.17) is 0 Å². The molecule has 4 nitrogen and oxygen atoms in total. The number of nitrogens with one attached hydrogen (secondary N) is 1. The van der Waals surface area contributed by atoms with E-state index in [1.165, 1.54) is 0 Å². The Morgan fingerprint density at radius 3 is 2.38 bits per heavy atom. The number of amides is 1. The highest BCUT2D eigenvalue weighted by atomic mass is 16.3. The quantitative estimate of drug-likeness (QED) is 0.629. The lowest BCUT2D eigenvalue weighted by molar-refractivity contribution is -0.122. The van der Waals surface area contributed by atoms with Crippen LogP contribution in [0.4, 0.5) is 0 Å². The highest BCUT2D eigenvalue weighted by Crippen LogP contribution is 2.31. The summed E-state index contributed by atoms with van der Waals surface area (Å²) >= 11 is 0. The average Bonchev–Trinajstić information content (AvgIpc) is 2.57. The van der Waals surface area contributed by atoms with Crippen LogP contribution in [0.3, 0.4) is 0 Å². The van der Waals surface area contributed by atoms with E-state index in [9.17, 15) is 9.90 Å². The lowest BCUT2D eigenvalue weighted by Crippen LogP contribution is -2.42. The first-order valence-corrected chi connectivity index (χ1v) is 8.86. The number of nitrogens with zero attached hydrogens (tertiary/aromatic N) is 1. The van der Waals surface area contributed by atoms with Gasteiger partial charge in [0.15, 0.2) is 0 Å². The van der Waals surface area contributed by atoms with Gasteiger partial charge >= 0.3 is 0 Å². The van der Waals surface area contributed by atoms with Crippen LogP contribution in [0.1, 0.15) is 25.8 Å². The molecule has 0 saturated heterocycles. The molecule has 0 heterocycles. The Morgan fingerprint density at radius 2 is 1.88 bits per heavy atom. The highest BCUT2D eigenvalue weighted by Gasteiger charge is 2.25. The van der Waals surface area contributed by atoms with Crippen LogP contribution in [0.5, 0.6) is 5.75 Å². The molecule has 26 heavy (non-hydrogen) atoms. The molecular weight excluding hydrogens is 324 g/mol. The Bertz CT molecular complexity index is 643. The molecule has 0 fully saturated rings. The van der Waals surface area contributed by atoms with Gasteiger partial charge in [0, 0.05) is 19.0 Å². The third-order valence-corrected chi connectivity index (χ3v) is 4.57. The Hall–Kier alpha value is -2.33. The predicted octanol–water partition coefficient (Wildman–Crippen LogP) is 3.70. The number of hydrogen-bond acceptors (Lipinski definition) is 3. The van der Waals surface area contributed by atoms with Gasteiger partial charge in [-0.05, 0) is 49.2 Å². The Balaban J connectivity index is 2.66. The summed E-state index contributed by atoms with van der Waals surface area (Å²) in [6.45, 7) is 12.2. The smallest absolute Gasteiger partial charge is 0.220 e. The van der Waals surface area contributed by atoms with Gasteiger partial charge in [-0.25, -0.2) is 0 Å². The molecular formula is C22H32N2O2. The number of carbonyl (C=O) groups excluding carboxylic acids is 1. The molecule has 1 amide bonds. The van der Waals surface area contributed by atoms with Gasteiger partial charge in [0.05, 0.1) is 0 Å². The van der Waals surface area contributed by atoms with Crippen molar-refractivity contribution in [2.45, 2.75) is 32.7 Å². The Labute approximate surface area is 157 Å². The number of hydrogen-bond donors (Lipinski definition) is 2. The maximum Gasteiger partial charge on any atom is 0.220 e. The molecule has 0 saturated carbocycles. The minimum absolute atomic E-state index is 0.0179. The molecule has 2 N–H and O–H groups in total. The Morgan fingerprint density at radius 1 is 1.27 bits per heavy atom. The summed E-state index contributed by atoms with van der Waals surface area (Å²) in [6, 6.07) is 7.37. The number of carbonyl (C=O) groups is 1. The lowest BCUT2D eigenvalue weighted by atomic mass is 9.80. The highest BCUT2D eigenvalue weighted by molar-refractivity contribution is 5.77. The maximum absolute atomic E-state index is 12.5. The van der Waals surface area contributed by atoms with Crippen LogP contribution in [0.15, 0.2) is 61.2 Å². The van der Waals surface area contributed by atoms with Crippen LogP contribution >= 0.6 is 0 Å². The van der Waals surface area contributed by atoms with E-state index < -0.39 is 0 Å². The fraction of sp³-hybridized carbons (Fsp3) is 0.409. The first-order valence-electron chi connectivity index (χ1n) is 8.86. The van der Waals surface area contributed by atoms with Gasteiger partial charge in [-0.2, -0.15) is 0 Å². The molecule has 1 rings (SSSR count). The second kappa shape index (κ2) is 9.97. The van der Waals surface area contributed by atoms with E-state index in [-0.39, 0.29) is 23.1 Å². The summed E-state index contributed by atoms with van der Waals surface area (Å²) in [6.07, 6.45) is 6.58. The summed E-state index contributed by atoms with van der Waals surface area (Å²) in [7, 11) is 4.01. The van der Waals surface area contributed by atoms with E-state index in [2.05, 4.69) is 23.4 Å². The molecule has 0 bridgehead atoms. The van der Waals surface area contributed by atoms with Crippen molar-refractivity contribution in [1.29, 1.82) is 0 Å². The maximum atomic E-state index is 12.5. The summed E-state index contributed by atoms with van der Waals surface area (Å²) in [4.78, 5) is 14.6. The molecule has 1 aromatic rings. The largest absolute Gasteiger partial charge is 0.508 e. The SMILES string of the molecule is C=C/C=C(\C=C)C(C)(C)CC(=O)NCC(Cc1ccc(O)cc1)N(C)C. The van der Waals surface area contributed by atoms with Gasteiger partial charge in [-0.3, -0.25) is 4.79 Å². The van der Waals surface area contributed by atoms with Gasteiger partial charge < -0.3 is 15.3 Å². The molecule has 1 unspecified atom stereocenters. The molecule has 0 aliphatic rings.